The maximum absolute atomic E-state index is 12.6. The molecule has 0 aliphatic heterocycles. The smallest absolute Gasteiger partial charge is 0.268 e. The third-order valence-electron chi connectivity index (χ3n) is 5.25. The van der Waals surface area contributed by atoms with Gasteiger partial charge in [0.1, 0.15) is 6.54 Å². The molecule has 0 spiro atoms. The van der Waals surface area contributed by atoms with Gasteiger partial charge in [0.05, 0.1) is 5.75 Å². The van der Waals surface area contributed by atoms with Gasteiger partial charge in [-0.05, 0) is 41.0 Å². The first kappa shape index (κ1) is 23.8. The molecule has 3 aromatic carbocycles. The molecule has 4 rings (SSSR count). The molecule has 1 amide bonds. The van der Waals surface area contributed by atoms with E-state index in [4.69, 9.17) is 11.5 Å². The van der Waals surface area contributed by atoms with Crippen LogP contribution in [0.3, 0.4) is 0 Å². The monoisotopic (exact) mass is 487 g/mol. The van der Waals surface area contributed by atoms with E-state index in [1.165, 1.54) is 0 Å². The Morgan fingerprint density at radius 3 is 1.89 bits per heavy atom. The summed E-state index contributed by atoms with van der Waals surface area (Å²) < 4.78 is 29.6. The fourth-order valence-corrected chi connectivity index (χ4v) is 4.98. The molecular formula is C26H25N5O3S. The van der Waals surface area contributed by atoms with Crippen molar-refractivity contribution in [1.82, 2.24) is 4.57 Å². The number of hydrogen-bond donors (Lipinski definition) is 3. The number of carbonyl (C=O) groups is 1. The molecule has 0 atom stereocenters. The van der Waals surface area contributed by atoms with E-state index in [0.29, 0.717) is 11.3 Å². The third kappa shape index (κ3) is 6.15. The molecule has 9 heteroatoms. The van der Waals surface area contributed by atoms with Crippen LogP contribution >= 0.6 is 0 Å². The van der Waals surface area contributed by atoms with E-state index in [1.54, 1.807) is 48.5 Å². The molecule has 0 saturated heterocycles. The highest BCUT2D eigenvalue weighted by Crippen LogP contribution is 2.30. The molecule has 0 radical (unpaired) electrons. The Hall–Kier alpha value is -4.37. The molecule has 1 heterocycles. The minimum absolute atomic E-state index is 0.0596. The van der Waals surface area contributed by atoms with Crippen LogP contribution in [-0.4, -0.2) is 24.9 Å². The number of guanidine groups is 1. The SMILES string of the molecule is NC(N)=NC(=O)Cn1c(-c2ccccc2)ccc1-c1ccc(NS(=O)(=O)Cc2ccccc2)cc1. The van der Waals surface area contributed by atoms with E-state index in [2.05, 4.69) is 9.71 Å². The van der Waals surface area contributed by atoms with E-state index < -0.39 is 15.9 Å². The minimum atomic E-state index is -3.57. The van der Waals surface area contributed by atoms with Crippen LogP contribution in [-0.2, 0) is 27.1 Å². The lowest BCUT2D eigenvalue weighted by molar-refractivity contribution is -0.118. The van der Waals surface area contributed by atoms with Crippen LogP contribution in [0.5, 0.6) is 0 Å². The van der Waals surface area contributed by atoms with E-state index in [9.17, 15) is 13.2 Å². The van der Waals surface area contributed by atoms with Crippen molar-refractivity contribution in [2.75, 3.05) is 4.72 Å². The van der Waals surface area contributed by atoms with Crippen LogP contribution in [0, 0.1) is 0 Å². The highest BCUT2D eigenvalue weighted by Gasteiger charge is 2.16. The first-order valence-electron chi connectivity index (χ1n) is 10.8. The highest BCUT2D eigenvalue weighted by atomic mass is 32.2. The van der Waals surface area contributed by atoms with Gasteiger partial charge < -0.3 is 16.0 Å². The number of sulfonamides is 1. The molecule has 35 heavy (non-hydrogen) atoms. The Balaban J connectivity index is 1.61. The molecule has 8 nitrogen and oxygen atoms in total. The maximum Gasteiger partial charge on any atom is 0.268 e. The topological polar surface area (TPSA) is 133 Å². The summed E-state index contributed by atoms with van der Waals surface area (Å²) in [4.78, 5) is 16.1. The second-order valence-corrected chi connectivity index (χ2v) is 9.63. The lowest BCUT2D eigenvalue weighted by Crippen LogP contribution is -2.25. The summed E-state index contributed by atoms with van der Waals surface area (Å²) in [6, 6.07) is 29.4. The Morgan fingerprint density at radius 2 is 1.31 bits per heavy atom. The summed E-state index contributed by atoms with van der Waals surface area (Å²) in [5.41, 5.74) is 15.2. The quantitative estimate of drug-likeness (QED) is 0.258. The first-order valence-corrected chi connectivity index (χ1v) is 12.5. The average Bonchev–Trinajstić information content (AvgIpc) is 3.23. The number of carbonyl (C=O) groups excluding carboxylic acids is 1. The fraction of sp³-hybridized carbons (Fsp3) is 0.0769. The number of nitrogens with two attached hydrogens (primary N) is 2. The number of aliphatic imine (C=N–C) groups is 1. The van der Waals surface area contributed by atoms with Crippen molar-refractivity contribution < 1.29 is 13.2 Å². The molecule has 0 unspecified atom stereocenters. The van der Waals surface area contributed by atoms with Gasteiger partial charge in [0.15, 0.2) is 5.96 Å². The van der Waals surface area contributed by atoms with Crippen molar-refractivity contribution >= 4 is 27.6 Å². The molecule has 178 valence electrons. The summed E-state index contributed by atoms with van der Waals surface area (Å²) in [5.74, 6) is -0.895. The van der Waals surface area contributed by atoms with E-state index in [1.807, 2.05) is 53.1 Å². The first-order chi connectivity index (χ1) is 16.8. The van der Waals surface area contributed by atoms with Crippen molar-refractivity contribution in [2.45, 2.75) is 12.3 Å². The maximum atomic E-state index is 12.6. The zero-order valence-electron chi connectivity index (χ0n) is 18.8. The van der Waals surface area contributed by atoms with E-state index in [0.717, 1.165) is 22.5 Å². The number of amides is 1. The predicted octanol–water partition coefficient (Wildman–Crippen LogP) is 3.56. The Labute approximate surface area is 204 Å². The summed E-state index contributed by atoms with van der Waals surface area (Å²) in [6.07, 6.45) is 0. The number of nitrogens with one attached hydrogen (secondary N) is 1. The number of rotatable bonds is 8. The summed E-state index contributed by atoms with van der Waals surface area (Å²) in [6.45, 7) is -0.0596. The van der Waals surface area contributed by atoms with Crippen LogP contribution in [0.2, 0.25) is 0 Å². The van der Waals surface area contributed by atoms with Gasteiger partial charge in [-0.2, -0.15) is 4.99 Å². The molecule has 4 aromatic rings. The molecule has 0 saturated carbocycles. The van der Waals surface area contributed by atoms with Crippen molar-refractivity contribution in [3.63, 3.8) is 0 Å². The molecular weight excluding hydrogens is 462 g/mol. The lowest BCUT2D eigenvalue weighted by atomic mass is 10.1. The predicted molar refractivity (Wildman–Crippen MR) is 139 cm³/mol. The number of benzene rings is 3. The summed E-state index contributed by atoms with van der Waals surface area (Å²) >= 11 is 0. The van der Waals surface area contributed by atoms with Crippen LogP contribution in [0.4, 0.5) is 5.69 Å². The van der Waals surface area contributed by atoms with Crippen LogP contribution in [0.25, 0.3) is 22.5 Å². The highest BCUT2D eigenvalue weighted by molar-refractivity contribution is 7.91. The molecule has 5 N–H and O–H groups in total. The second kappa shape index (κ2) is 10.3. The minimum Gasteiger partial charge on any atom is -0.370 e. The standard InChI is InChI=1S/C26H25N5O3S/c27-26(28)29-25(32)17-31-23(20-9-5-2-6-10-20)15-16-24(31)21-11-13-22(14-12-21)30-35(33,34)18-19-7-3-1-4-8-19/h1-16,30H,17-18H2,(H4,27,28,29,32). The molecule has 1 aromatic heterocycles. The Bertz CT molecular complexity index is 1440. The van der Waals surface area contributed by atoms with Crippen molar-refractivity contribution in [2.24, 2.45) is 16.5 Å². The van der Waals surface area contributed by atoms with E-state index >= 15 is 0 Å². The van der Waals surface area contributed by atoms with Gasteiger partial charge in [-0.15, -0.1) is 0 Å². The van der Waals surface area contributed by atoms with Crippen LogP contribution < -0.4 is 16.2 Å². The van der Waals surface area contributed by atoms with Crippen molar-refractivity contribution in [1.29, 1.82) is 0 Å². The van der Waals surface area contributed by atoms with Gasteiger partial charge in [-0.1, -0.05) is 72.8 Å². The number of anilines is 1. The van der Waals surface area contributed by atoms with Crippen molar-refractivity contribution in [3.8, 4) is 22.5 Å². The van der Waals surface area contributed by atoms with Gasteiger partial charge in [-0.25, -0.2) is 8.42 Å². The molecule has 0 fully saturated rings. The zero-order valence-corrected chi connectivity index (χ0v) is 19.7. The van der Waals surface area contributed by atoms with Gasteiger partial charge >= 0.3 is 0 Å². The van der Waals surface area contributed by atoms with Gasteiger partial charge in [-0.3, -0.25) is 9.52 Å². The summed E-state index contributed by atoms with van der Waals surface area (Å²) in [5, 5.41) is 0. The van der Waals surface area contributed by atoms with E-state index in [-0.39, 0.29) is 18.3 Å². The largest absolute Gasteiger partial charge is 0.370 e. The van der Waals surface area contributed by atoms with Crippen LogP contribution in [0.15, 0.2) is 102 Å². The van der Waals surface area contributed by atoms with Gasteiger partial charge in [0.2, 0.25) is 10.0 Å². The van der Waals surface area contributed by atoms with Gasteiger partial charge in [0, 0.05) is 17.1 Å². The Morgan fingerprint density at radius 1 is 0.771 bits per heavy atom. The third-order valence-corrected chi connectivity index (χ3v) is 6.51. The average molecular weight is 488 g/mol. The number of hydrogen-bond acceptors (Lipinski definition) is 3. The second-order valence-electron chi connectivity index (χ2n) is 7.91. The lowest BCUT2D eigenvalue weighted by Gasteiger charge is -2.13. The molecule has 0 aliphatic carbocycles. The molecule has 0 aliphatic rings. The van der Waals surface area contributed by atoms with Crippen molar-refractivity contribution in [3.05, 3.63) is 103 Å². The number of nitrogens with zero attached hydrogens (tertiary/aromatic N) is 2. The molecule has 0 bridgehead atoms. The fourth-order valence-electron chi connectivity index (χ4n) is 3.78. The van der Waals surface area contributed by atoms with Gasteiger partial charge in [0.25, 0.3) is 5.91 Å². The normalized spacial score (nSPS) is 11.1. The summed E-state index contributed by atoms with van der Waals surface area (Å²) in [7, 11) is -3.57. The Kier molecular flexibility index (Phi) is 6.98. The zero-order chi connectivity index (χ0) is 24.8. The van der Waals surface area contributed by atoms with Crippen LogP contribution in [0.1, 0.15) is 5.56 Å². The number of aromatic nitrogens is 1.